The molecule has 0 saturated heterocycles. The molecule has 3 aliphatic rings. The molecule has 2 aliphatic heterocycles. The number of rotatable bonds is 16. The first-order valence-corrected chi connectivity index (χ1v) is 24.3. The van der Waals surface area contributed by atoms with E-state index in [0.29, 0.717) is 73.6 Å². The number of likely N-dealkylation sites (N-methyl/N-ethyl adjacent to an activating group) is 1. The number of unbranched alkanes of at least 4 members (excludes halogenated alkanes) is 1. The van der Waals surface area contributed by atoms with Gasteiger partial charge in [0.1, 0.15) is 25.2 Å². The van der Waals surface area contributed by atoms with Gasteiger partial charge >= 0.3 is 5.97 Å². The van der Waals surface area contributed by atoms with E-state index >= 15 is 0 Å². The fourth-order valence-electron chi connectivity index (χ4n) is 8.16. The number of nitrogens with zero attached hydrogens (tertiary/aromatic N) is 2. The molecule has 4 heterocycles. The highest BCUT2D eigenvalue weighted by Crippen LogP contribution is 2.44. The molecule has 5 N–H and O–H groups in total. The highest BCUT2D eigenvalue weighted by molar-refractivity contribution is 5.89. The van der Waals surface area contributed by atoms with Gasteiger partial charge in [0.15, 0.2) is 6.10 Å². The van der Waals surface area contributed by atoms with Gasteiger partial charge in [0, 0.05) is 48.8 Å². The van der Waals surface area contributed by atoms with Gasteiger partial charge in [-0.05, 0) is 85.5 Å². The maximum Gasteiger partial charge on any atom is 0.340 e. The molecule has 2 atom stereocenters. The van der Waals surface area contributed by atoms with Crippen LogP contribution in [-0.4, -0.2) is 91.4 Å². The van der Waals surface area contributed by atoms with Crippen molar-refractivity contribution in [1.29, 1.82) is 0 Å². The summed E-state index contributed by atoms with van der Waals surface area (Å²) in [6.45, 7) is 18.9. The number of methoxy groups -OCH3 is 1. The number of hydrogen-bond donors (Lipinski definition) is 5. The molecule has 0 radical (unpaired) electrons. The molecule has 71 heavy (non-hydrogen) atoms. The molecular weight excluding hydrogens is 912 g/mol. The summed E-state index contributed by atoms with van der Waals surface area (Å²) < 4.78 is 31.9. The van der Waals surface area contributed by atoms with Crippen LogP contribution in [0.2, 0.25) is 0 Å². The Balaban J connectivity index is 0.000000350. The average Bonchev–Trinajstić information content (AvgIpc) is 3.92. The van der Waals surface area contributed by atoms with Gasteiger partial charge in [0.25, 0.3) is 5.56 Å². The number of benzene rings is 3. The SMILES string of the molecule is CC.CC.CC.CCNC(=O)CNC=O.COCC1c2ccccc2-c2ccccc21.Cc1cc2c(CCCCOCNC(=O)[C@H](C)NC=O)c3c(nc2cc1F)-c1cc2c(c(=O)n1C3)COC(=O)C2O. The molecule has 2 aromatic heterocycles. The Hall–Kier alpha value is -6.82. The lowest BCUT2D eigenvalue weighted by Crippen LogP contribution is -2.42. The monoisotopic (exact) mass is 983 g/mol. The zero-order valence-corrected chi connectivity index (χ0v) is 42.7. The molecular formula is C54H71FN6O10. The van der Waals surface area contributed by atoms with Crippen LogP contribution in [0.15, 0.2) is 71.5 Å². The number of nitrogens with one attached hydrogen (secondary N) is 4. The summed E-state index contributed by atoms with van der Waals surface area (Å²) in [7, 11) is 1.77. The maximum atomic E-state index is 14.5. The Kier molecular flexibility index (Phi) is 24.7. The highest BCUT2D eigenvalue weighted by atomic mass is 19.1. The molecule has 8 rings (SSSR count). The molecule has 17 heteroatoms. The van der Waals surface area contributed by atoms with Crippen LogP contribution < -0.4 is 26.8 Å². The van der Waals surface area contributed by atoms with Gasteiger partial charge in [-0.15, -0.1) is 0 Å². The maximum absolute atomic E-state index is 14.5. The number of hydrogen-bond acceptors (Lipinski definition) is 11. The van der Waals surface area contributed by atoms with E-state index in [1.165, 1.54) is 28.3 Å². The summed E-state index contributed by atoms with van der Waals surface area (Å²) in [6, 6.07) is 21.3. The van der Waals surface area contributed by atoms with Crippen molar-refractivity contribution in [3.05, 3.63) is 122 Å². The summed E-state index contributed by atoms with van der Waals surface area (Å²) in [5, 5.41) is 20.9. The van der Waals surface area contributed by atoms with Crippen molar-refractivity contribution in [3.63, 3.8) is 0 Å². The normalized spacial score (nSPS) is 13.4. The van der Waals surface area contributed by atoms with Crippen LogP contribution in [0.4, 0.5) is 4.39 Å². The zero-order valence-electron chi connectivity index (χ0n) is 42.7. The number of halogens is 1. The van der Waals surface area contributed by atoms with E-state index in [1.54, 1.807) is 37.7 Å². The highest BCUT2D eigenvalue weighted by Gasteiger charge is 2.35. The van der Waals surface area contributed by atoms with Crippen molar-refractivity contribution in [2.45, 2.75) is 113 Å². The second kappa shape index (κ2) is 30.0. The van der Waals surface area contributed by atoms with Gasteiger partial charge < -0.3 is 45.2 Å². The molecule has 0 fully saturated rings. The fourth-order valence-corrected chi connectivity index (χ4v) is 8.16. The lowest BCUT2D eigenvalue weighted by molar-refractivity contribution is -0.157. The van der Waals surface area contributed by atoms with Crippen molar-refractivity contribution in [2.75, 3.05) is 40.1 Å². The first kappa shape index (κ1) is 58.5. The van der Waals surface area contributed by atoms with Gasteiger partial charge in [-0.3, -0.25) is 24.0 Å². The van der Waals surface area contributed by atoms with E-state index in [2.05, 4.69) is 69.8 Å². The number of carbonyl (C=O) groups excluding carboxylic acids is 5. The molecule has 384 valence electrons. The lowest BCUT2D eigenvalue weighted by Gasteiger charge is -2.21. The number of aliphatic hydroxyl groups excluding tert-OH is 1. The van der Waals surface area contributed by atoms with Crippen LogP contribution in [0.25, 0.3) is 33.4 Å². The molecule has 1 aliphatic carbocycles. The number of amides is 4. The molecule has 0 spiro atoms. The van der Waals surface area contributed by atoms with E-state index in [-0.39, 0.29) is 54.9 Å². The van der Waals surface area contributed by atoms with Crippen molar-refractivity contribution < 1.29 is 47.7 Å². The minimum Gasteiger partial charge on any atom is -0.458 e. The second-order valence-electron chi connectivity index (χ2n) is 15.6. The average molecular weight is 983 g/mol. The number of aromatic nitrogens is 2. The lowest BCUT2D eigenvalue weighted by atomic mass is 9.94. The van der Waals surface area contributed by atoms with Crippen molar-refractivity contribution >= 4 is 41.5 Å². The number of cyclic esters (lactones) is 1. The third kappa shape index (κ3) is 14.6. The summed E-state index contributed by atoms with van der Waals surface area (Å²) in [5.74, 6) is -1.32. The van der Waals surface area contributed by atoms with Crippen molar-refractivity contribution in [3.8, 4) is 22.5 Å². The molecule has 0 saturated carbocycles. The smallest absolute Gasteiger partial charge is 0.340 e. The third-order valence-electron chi connectivity index (χ3n) is 11.4. The standard InChI is InChI=1S/C28H29FN4O7.C15H14O.C5H10N2O2.3C2H6/c1-14-7-17-16(5-3-4-6-39-13-31-26(36)15(2)30-12-34)19-10-33-23(24(19)32-22(17)9-21(14)29)8-18-20(27(33)37)11-40-28(38)25(18)35;1-16-10-15-13-8-4-2-6-11(13)12-7-3-5-9-14(12)15;1-2-7-5(9)3-6-4-8;3*1-2/h7-9,12,15,25,35H,3-6,10-11,13H2,1-2H3,(H,30,34)(H,31,36);2-9,15H,10H2,1H3;4H,2-3H2,1H3,(H,6,8)(H,7,9);3*1-2H3/t15-,25?;;;;;/m0...../s1. The summed E-state index contributed by atoms with van der Waals surface area (Å²) in [6.07, 6.45) is 1.39. The topological polar surface area (TPSA) is 216 Å². The predicted octanol–water partition coefficient (Wildman–Crippen LogP) is 6.90. The number of carbonyl (C=O) groups is 5. The predicted molar refractivity (Wildman–Crippen MR) is 273 cm³/mol. The van der Waals surface area contributed by atoms with Crippen molar-refractivity contribution in [1.82, 2.24) is 30.8 Å². The minimum atomic E-state index is -1.55. The number of aliphatic hydroxyl groups is 1. The Labute approximate surface area is 416 Å². The summed E-state index contributed by atoms with van der Waals surface area (Å²) in [5.41, 5.74) is 9.30. The Morgan fingerprint density at radius 3 is 2.17 bits per heavy atom. The molecule has 3 aromatic carbocycles. The van der Waals surface area contributed by atoms with Gasteiger partial charge in [-0.25, -0.2) is 14.2 Å². The van der Waals surface area contributed by atoms with Crippen molar-refractivity contribution in [2.24, 2.45) is 0 Å². The fraction of sp³-hybridized carbons (Fsp3) is 0.426. The quantitative estimate of drug-likeness (QED) is 0.0291. The van der Waals surface area contributed by atoms with Crippen LogP contribution in [0.1, 0.15) is 119 Å². The van der Waals surface area contributed by atoms with Crippen LogP contribution in [0.3, 0.4) is 0 Å². The Morgan fingerprint density at radius 2 is 1.56 bits per heavy atom. The third-order valence-corrected chi connectivity index (χ3v) is 11.4. The van der Waals surface area contributed by atoms with Crippen LogP contribution in [-0.2, 0) is 57.8 Å². The zero-order chi connectivity index (χ0) is 52.6. The molecule has 0 bridgehead atoms. The molecule has 5 aromatic rings. The van der Waals surface area contributed by atoms with Gasteiger partial charge in [-0.1, -0.05) is 90.1 Å². The Morgan fingerprint density at radius 1 is 0.915 bits per heavy atom. The summed E-state index contributed by atoms with van der Waals surface area (Å²) >= 11 is 0. The largest absolute Gasteiger partial charge is 0.458 e. The van der Waals surface area contributed by atoms with E-state index in [4.69, 9.17) is 19.2 Å². The molecule has 1 unspecified atom stereocenters. The number of aryl methyl sites for hydroxylation is 2. The number of esters is 1. The van der Waals surface area contributed by atoms with E-state index in [9.17, 15) is 38.3 Å². The molecule has 4 amide bonds. The number of pyridine rings is 2. The van der Waals surface area contributed by atoms with E-state index < -0.39 is 23.9 Å². The first-order valence-electron chi connectivity index (χ1n) is 24.3. The van der Waals surface area contributed by atoms with Gasteiger partial charge in [-0.2, -0.15) is 0 Å². The van der Waals surface area contributed by atoms with Crippen LogP contribution in [0.5, 0.6) is 0 Å². The van der Waals surface area contributed by atoms with E-state index in [0.717, 1.165) is 23.1 Å². The number of ether oxygens (including phenoxy) is 3. The van der Waals surface area contributed by atoms with Crippen LogP contribution >= 0.6 is 0 Å². The van der Waals surface area contributed by atoms with Gasteiger partial charge in [0.05, 0.1) is 42.2 Å². The number of fused-ring (bicyclic) bond motifs is 8. The van der Waals surface area contributed by atoms with Gasteiger partial charge in [0.2, 0.25) is 24.6 Å². The molecule has 16 nitrogen and oxygen atoms in total. The van der Waals surface area contributed by atoms with Crippen LogP contribution in [0, 0.1) is 12.7 Å². The minimum absolute atomic E-state index is 0.0106. The summed E-state index contributed by atoms with van der Waals surface area (Å²) in [4.78, 5) is 72.3. The first-order chi connectivity index (χ1) is 34.4. The van der Waals surface area contributed by atoms with E-state index in [1.807, 2.05) is 48.5 Å². The second-order valence-corrected chi connectivity index (χ2v) is 15.6. The Bertz CT molecular complexity index is 2590.